The van der Waals surface area contributed by atoms with Gasteiger partial charge in [0.2, 0.25) is 0 Å². The monoisotopic (exact) mass is 472 g/mol. The van der Waals surface area contributed by atoms with E-state index in [0.717, 1.165) is 0 Å². The molecule has 0 aromatic rings. The fraction of sp³-hybridized carbons (Fsp3) is 0.500. The SMILES string of the molecule is O=C(CCC(=O)ON1C(=O)C[C@@H](S(=O)(=O)O)C1=O)ON1C(=O)C[C@@H](S(=O)(=O)O)C1=O. The second-order valence-corrected chi connectivity index (χ2v) is 9.09. The van der Waals surface area contributed by atoms with E-state index in [1.54, 1.807) is 0 Å². The lowest BCUT2D eigenvalue weighted by Gasteiger charge is -2.14. The Morgan fingerprint density at radius 1 is 0.767 bits per heavy atom. The van der Waals surface area contributed by atoms with Gasteiger partial charge in [0.25, 0.3) is 43.9 Å². The van der Waals surface area contributed by atoms with Crippen LogP contribution in [0.25, 0.3) is 0 Å². The van der Waals surface area contributed by atoms with E-state index in [1.807, 2.05) is 0 Å². The molecule has 4 amide bonds. The molecule has 2 aliphatic heterocycles. The van der Waals surface area contributed by atoms with Gasteiger partial charge < -0.3 is 9.68 Å². The average molecular weight is 472 g/mol. The molecule has 18 heteroatoms. The Balaban J connectivity index is 1.89. The molecule has 2 heterocycles. The second-order valence-electron chi connectivity index (χ2n) is 5.89. The zero-order valence-corrected chi connectivity index (χ0v) is 16.1. The molecule has 16 nitrogen and oxygen atoms in total. The molecular formula is C12H12N2O14S2. The number of carbonyl (C=O) groups excluding carboxylic acids is 6. The van der Waals surface area contributed by atoms with Crippen molar-refractivity contribution >= 4 is 55.8 Å². The minimum atomic E-state index is -4.93. The van der Waals surface area contributed by atoms with Crippen molar-refractivity contribution in [3.05, 3.63) is 0 Å². The van der Waals surface area contributed by atoms with Crippen LogP contribution >= 0.6 is 0 Å². The third-order valence-electron chi connectivity index (χ3n) is 3.76. The lowest BCUT2D eigenvalue weighted by atomic mass is 10.3. The van der Waals surface area contributed by atoms with Crippen LogP contribution in [-0.2, 0) is 58.7 Å². The highest BCUT2D eigenvalue weighted by Gasteiger charge is 2.49. The minimum absolute atomic E-state index is 0.198. The number of hydrogen-bond donors (Lipinski definition) is 2. The summed E-state index contributed by atoms with van der Waals surface area (Å²) in [5.74, 6) is -8.32. The van der Waals surface area contributed by atoms with Crippen LogP contribution in [0.2, 0.25) is 0 Å². The van der Waals surface area contributed by atoms with Crippen molar-refractivity contribution in [2.45, 2.75) is 36.2 Å². The van der Waals surface area contributed by atoms with E-state index in [1.165, 1.54) is 0 Å². The topological polar surface area (TPSA) is 236 Å². The molecule has 0 saturated carbocycles. The van der Waals surface area contributed by atoms with Crippen LogP contribution in [0, 0.1) is 0 Å². The summed E-state index contributed by atoms with van der Waals surface area (Å²) in [6, 6.07) is 0. The van der Waals surface area contributed by atoms with Crippen LogP contribution in [0.4, 0.5) is 0 Å². The Morgan fingerprint density at radius 3 is 1.30 bits per heavy atom. The Kier molecular flexibility index (Phi) is 6.26. The van der Waals surface area contributed by atoms with E-state index in [-0.39, 0.29) is 10.1 Å². The standard InChI is InChI=1S/C12H12N2O14S2/c15-7-3-5(29(21,22)23)11(19)13(7)27-9(17)1-2-10(18)28-14-8(16)4-6(12(14)20)30(24,25)26/h5-6H,1-4H2,(H,21,22,23)(H,24,25,26)/t5-,6-/m1/s1. The molecule has 2 N–H and O–H groups in total. The molecule has 2 fully saturated rings. The Bertz CT molecular complexity index is 961. The molecule has 0 spiro atoms. The first kappa shape index (κ1) is 23.3. The van der Waals surface area contributed by atoms with Crippen molar-refractivity contribution in [3.63, 3.8) is 0 Å². The van der Waals surface area contributed by atoms with Gasteiger partial charge in [-0.25, -0.2) is 9.59 Å². The van der Waals surface area contributed by atoms with Crippen molar-refractivity contribution in [2.24, 2.45) is 0 Å². The molecule has 166 valence electrons. The van der Waals surface area contributed by atoms with E-state index < -0.39 is 92.0 Å². The number of rotatable bonds is 7. The molecule has 0 bridgehead atoms. The Hall–Kier alpha value is -2.96. The first-order valence-corrected chi connectivity index (χ1v) is 10.7. The van der Waals surface area contributed by atoms with Gasteiger partial charge in [-0.15, -0.1) is 10.1 Å². The summed E-state index contributed by atoms with van der Waals surface area (Å²) in [6.07, 6.45) is -3.68. The van der Waals surface area contributed by atoms with E-state index >= 15 is 0 Å². The lowest BCUT2D eigenvalue weighted by Crippen LogP contribution is -2.37. The van der Waals surface area contributed by atoms with Crippen LogP contribution < -0.4 is 0 Å². The van der Waals surface area contributed by atoms with Crippen LogP contribution in [0.15, 0.2) is 0 Å². The predicted molar refractivity (Wildman–Crippen MR) is 85.0 cm³/mol. The van der Waals surface area contributed by atoms with E-state index in [0.29, 0.717) is 0 Å². The fourth-order valence-electron chi connectivity index (χ4n) is 2.32. The molecule has 0 unspecified atom stereocenters. The quantitative estimate of drug-likeness (QED) is 0.273. The largest absolute Gasteiger partial charge is 0.333 e. The summed E-state index contributed by atoms with van der Waals surface area (Å²) in [6.45, 7) is 0. The number of hydroxylamine groups is 4. The number of nitrogens with zero attached hydrogens (tertiary/aromatic N) is 2. The summed E-state index contributed by atoms with van der Waals surface area (Å²) < 4.78 is 61.6. The fourth-order valence-corrected chi connectivity index (χ4v) is 3.73. The van der Waals surface area contributed by atoms with Gasteiger partial charge in [-0.05, 0) is 0 Å². The van der Waals surface area contributed by atoms with Gasteiger partial charge in [-0.2, -0.15) is 16.8 Å². The summed E-state index contributed by atoms with van der Waals surface area (Å²) in [7, 11) is -9.85. The highest BCUT2D eigenvalue weighted by atomic mass is 32.2. The van der Waals surface area contributed by atoms with Gasteiger partial charge in [0.05, 0.1) is 25.7 Å². The predicted octanol–water partition coefficient (Wildman–Crippen LogP) is -3.29. The van der Waals surface area contributed by atoms with E-state index in [9.17, 15) is 45.6 Å². The van der Waals surface area contributed by atoms with Gasteiger partial charge in [0.15, 0.2) is 10.5 Å². The van der Waals surface area contributed by atoms with Crippen LogP contribution in [0.5, 0.6) is 0 Å². The number of imide groups is 2. The lowest BCUT2D eigenvalue weighted by molar-refractivity contribution is -0.201. The Labute approximate surface area is 167 Å². The average Bonchev–Trinajstić information content (AvgIpc) is 3.04. The minimum Gasteiger partial charge on any atom is -0.330 e. The molecular weight excluding hydrogens is 460 g/mol. The molecule has 2 atom stereocenters. The van der Waals surface area contributed by atoms with Crippen molar-refractivity contribution < 1.29 is 64.4 Å². The van der Waals surface area contributed by atoms with Crippen LogP contribution in [0.3, 0.4) is 0 Å². The highest BCUT2D eigenvalue weighted by Crippen LogP contribution is 2.21. The van der Waals surface area contributed by atoms with Gasteiger partial charge in [0.1, 0.15) is 0 Å². The van der Waals surface area contributed by atoms with Gasteiger partial charge in [0, 0.05) is 0 Å². The first-order chi connectivity index (χ1) is 13.6. The summed E-state index contributed by atoms with van der Waals surface area (Å²) in [5.41, 5.74) is 0. The van der Waals surface area contributed by atoms with Crippen molar-refractivity contribution in [1.82, 2.24) is 10.1 Å². The molecule has 0 aromatic carbocycles. The molecule has 0 aromatic heterocycles. The van der Waals surface area contributed by atoms with Crippen molar-refractivity contribution in [2.75, 3.05) is 0 Å². The number of hydrogen-bond acceptors (Lipinski definition) is 12. The van der Waals surface area contributed by atoms with Gasteiger partial charge in [-0.3, -0.25) is 28.3 Å². The van der Waals surface area contributed by atoms with Crippen LogP contribution in [0.1, 0.15) is 25.7 Å². The normalized spacial score (nSPS) is 22.6. The number of carbonyl (C=O) groups is 6. The molecule has 2 aliphatic rings. The third kappa shape index (κ3) is 4.96. The van der Waals surface area contributed by atoms with Crippen LogP contribution in [-0.4, -0.2) is 82.1 Å². The maximum Gasteiger partial charge on any atom is 0.333 e. The molecule has 2 rings (SSSR count). The second kappa shape index (κ2) is 8.05. The molecule has 0 radical (unpaired) electrons. The maximum absolute atomic E-state index is 11.7. The zero-order valence-electron chi connectivity index (χ0n) is 14.5. The molecule has 30 heavy (non-hydrogen) atoms. The zero-order chi connectivity index (χ0) is 23.0. The van der Waals surface area contributed by atoms with E-state index in [4.69, 9.17) is 9.11 Å². The summed E-state index contributed by atoms with van der Waals surface area (Å²) >= 11 is 0. The maximum atomic E-state index is 11.7. The molecule has 0 aliphatic carbocycles. The molecule has 2 saturated heterocycles. The smallest absolute Gasteiger partial charge is 0.330 e. The third-order valence-corrected chi connectivity index (χ3v) is 5.94. The van der Waals surface area contributed by atoms with Crippen molar-refractivity contribution in [3.8, 4) is 0 Å². The summed E-state index contributed by atoms with van der Waals surface area (Å²) in [4.78, 5) is 78.5. The van der Waals surface area contributed by atoms with Gasteiger partial charge in [-0.1, -0.05) is 0 Å². The highest BCUT2D eigenvalue weighted by molar-refractivity contribution is 7.87. The summed E-state index contributed by atoms with van der Waals surface area (Å²) in [5, 5.41) is -4.69. The van der Waals surface area contributed by atoms with Gasteiger partial charge >= 0.3 is 11.9 Å². The first-order valence-electron chi connectivity index (χ1n) is 7.70. The van der Waals surface area contributed by atoms with Crippen molar-refractivity contribution in [1.29, 1.82) is 0 Å². The Morgan fingerprint density at radius 2 is 1.07 bits per heavy atom. The number of amides is 4. The van der Waals surface area contributed by atoms with E-state index in [2.05, 4.69) is 9.68 Å².